The molecule has 0 bridgehead atoms. The summed E-state index contributed by atoms with van der Waals surface area (Å²) in [6, 6.07) is 17.9. The lowest BCUT2D eigenvalue weighted by Gasteiger charge is -2.11. The maximum Gasteiger partial charge on any atom is 0.148 e. The molecule has 3 aromatic carbocycles. The average Bonchev–Trinajstić information content (AvgIpc) is 2.63. The molecule has 0 saturated carbocycles. The van der Waals surface area contributed by atoms with Crippen LogP contribution in [-0.2, 0) is 6.61 Å². The van der Waals surface area contributed by atoms with Crippen molar-refractivity contribution < 1.29 is 4.74 Å². The summed E-state index contributed by atoms with van der Waals surface area (Å²) >= 11 is 13.1. The molecule has 0 spiro atoms. The molecule has 0 heterocycles. The maximum absolute atomic E-state index is 5.96. The van der Waals surface area contributed by atoms with Gasteiger partial charge in [0.1, 0.15) is 12.4 Å². The molecule has 0 aromatic heterocycles. The fourth-order valence-corrected chi connectivity index (χ4v) is 4.11. The van der Waals surface area contributed by atoms with E-state index in [1.165, 1.54) is 5.56 Å². The molecule has 2 nitrogen and oxygen atoms in total. The van der Waals surface area contributed by atoms with Gasteiger partial charge in [-0.15, -0.1) is 0 Å². The van der Waals surface area contributed by atoms with Gasteiger partial charge in [-0.25, -0.2) is 0 Å². The molecule has 27 heavy (non-hydrogen) atoms. The second kappa shape index (κ2) is 9.05. The van der Waals surface area contributed by atoms with Crippen LogP contribution in [0.15, 0.2) is 68.5 Å². The van der Waals surface area contributed by atoms with E-state index < -0.39 is 0 Å². The number of hydrogen-bond donors (Lipinski definition) is 0. The van der Waals surface area contributed by atoms with Crippen LogP contribution >= 0.6 is 43.5 Å². The number of aliphatic imine (C=N–C) groups is 1. The summed E-state index contributed by atoms with van der Waals surface area (Å²) in [4.78, 5) is 4.63. The molecule has 0 aliphatic carbocycles. The summed E-state index contributed by atoms with van der Waals surface area (Å²) in [5.41, 5.74) is 5.36. The minimum atomic E-state index is 0.463. The molecule has 0 fully saturated rings. The van der Waals surface area contributed by atoms with E-state index in [9.17, 15) is 0 Å². The lowest BCUT2D eigenvalue weighted by atomic mass is 10.1. The highest BCUT2D eigenvalue weighted by Crippen LogP contribution is 2.35. The minimum absolute atomic E-state index is 0.463. The van der Waals surface area contributed by atoms with E-state index >= 15 is 0 Å². The molecule has 0 saturated heterocycles. The van der Waals surface area contributed by atoms with Crippen molar-refractivity contribution in [3.63, 3.8) is 0 Å². The van der Waals surface area contributed by atoms with Gasteiger partial charge >= 0.3 is 0 Å². The second-order valence-corrected chi connectivity index (χ2v) is 8.42. The van der Waals surface area contributed by atoms with Gasteiger partial charge in [-0.3, -0.25) is 4.99 Å². The predicted molar refractivity (Wildman–Crippen MR) is 121 cm³/mol. The zero-order valence-corrected chi connectivity index (χ0v) is 18.9. The Balaban J connectivity index is 1.77. The lowest BCUT2D eigenvalue weighted by Crippen LogP contribution is -1.97. The van der Waals surface area contributed by atoms with Crippen LogP contribution in [0.4, 0.5) is 5.69 Å². The summed E-state index contributed by atoms with van der Waals surface area (Å²) < 4.78 is 7.70. The molecule has 0 aliphatic heterocycles. The first-order chi connectivity index (χ1) is 12.9. The number of nitrogens with zero attached hydrogens (tertiary/aromatic N) is 1. The van der Waals surface area contributed by atoms with Crippen molar-refractivity contribution >= 4 is 55.4 Å². The molecular formula is C22H18Br2ClNO. The third-order valence-corrected chi connectivity index (χ3v) is 5.46. The largest absolute Gasteiger partial charge is 0.487 e. The van der Waals surface area contributed by atoms with Crippen LogP contribution in [0.3, 0.4) is 0 Å². The summed E-state index contributed by atoms with van der Waals surface area (Å²) in [6.45, 7) is 4.59. The van der Waals surface area contributed by atoms with E-state index in [0.29, 0.717) is 11.6 Å². The first-order valence-electron chi connectivity index (χ1n) is 8.40. The number of benzene rings is 3. The SMILES string of the molecule is Cc1ccc(C)c(N=Cc2cc(Br)c(OCc3ccc(Cl)cc3)c(Br)c2)c1. The quantitative estimate of drug-likeness (QED) is 0.323. The predicted octanol–water partition coefficient (Wildman–Crippen LogP) is 7.81. The molecule has 3 rings (SSSR count). The van der Waals surface area contributed by atoms with Crippen LogP contribution in [0.2, 0.25) is 5.02 Å². The van der Waals surface area contributed by atoms with Gasteiger partial charge in [-0.2, -0.15) is 0 Å². The van der Waals surface area contributed by atoms with Crippen molar-refractivity contribution in [1.82, 2.24) is 0 Å². The van der Waals surface area contributed by atoms with Crippen LogP contribution < -0.4 is 4.74 Å². The Kier molecular flexibility index (Phi) is 6.74. The van der Waals surface area contributed by atoms with Crippen LogP contribution in [0.1, 0.15) is 22.3 Å². The van der Waals surface area contributed by atoms with E-state index in [1.54, 1.807) is 0 Å². The van der Waals surface area contributed by atoms with Crippen molar-refractivity contribution in [3.05, 3.63) is 90.8 Å². The number of aryl methyl sites for hydroxylation is 2. The molecule has 0 amide bonds. The molecule has 5 heteroatoms. The standard InChI is InChI=1S/C22H18Br2ClNO/c1-14-3-4-15(2)21(9-14)26-12-17-10-19(23)22(20(24)11-17)27-13-16-5-7-18(25)8-6-16/h3-12H,13H2,1-2H3. The van der Waals surface area contributed by atoms with Crippen LogP contribution in [0, 0.1) is 13.8 Å². The Labute approximate surface area is 181 Å². The first-order valence-corrected chi connectivity index (χ1v) is 10.4. The van der Waals surface area contributed by atoms with Gasteiger partial charge in [-0.1, -0.05) is 35.9 Å². The Hall–Kier alpha value is -1.62. The summed E-state index contributed by atoms with van der Waals surface area (Å²) in [5, 5.41) is 0.716. The molecule has 0 N–H and O–H groups in total. The summed E-state index contributed by atoms with van der Waals surface area (Å²) in [5.74, 6) is 0.758. The van der Waals surface area contributed by atoms with Crippen LogP contribution in [0.25, 0.3) is 0 Å². The number of hydrogen-bond acceptors (Lipinski definition) is 2. The molecule has 0 atom stereocenters. The lowest BCUT2D eigenvalue weighted by molar-refractivity contribution is 0.302. The Bertz CT molecular complexity index is 961. The molecule has 0 unspecified atom stereocenters. The van der Waals surface area contributed by atoms with E-state index in [-0.39, 0.29) is 0 Å². The summed E-state index contributed by atoms with van der Waals surface area (Å²) in [7, 11) is 0. The normalized spacial score (nSPS) is 11.1. The van der Waals surface area contributed by atoms with Gasteiger partial charge in [-0.05, 0) is 98.3 Å². The van der Waals surface area contributed by atoms with Gasteiger partial charge in [0.05, 0.1) is 14.6 Å². The third-order valence-electron chi connectivity index (χ3n) is 4.03. The van der Waals surface area contributed by atoms with Crippen molar-refractivity contribution in [2.24, 2.45) is 4.99 Å². The molecule has 0 aliphatic rings. The Morgan fingerprint density at radius 2 is 1.63 bits per heavy atom. The van der Waals surface area contributed by atoms with Crippen molar-refractivity contribution in [1.29, 1.82) is 0 Å². The van der Waals surface area contributed by atoms with Crippen molar-refractivity contribution in [2.45, 2.75) is 20.5 Å². The Morgan fingerprint density at radius 1 is 0.963 bits per heavy atom. The second-order valence-electron chi connectivity index (χ2n) is 6.28. The van der Waals surface area contributed by atoms with E-state index in [2.05, 4.69) is 68.9 Å². The van der Waals surface area contributed by atoms with Gasteiger partial charge in [0, 0.05) is 11.2 Å². The zero-order valence-electron chi connectivity index (χ0n) is 15.0. The van der Waals surface area contributed by atoms with Gasteiger partial charge in [0.2, 0.25) is 0 Å². The van der Waals surface area contributed by atoms with Gasteiger partial charge in [0.15, 0.2) is 0 Å². The summed E-state index contributed by atoms with van der Waals surface area (Å²) in [6.07, 6.45) is 1.86. The minimum Gasteiger partial charge on any atom is -0.487 e. The highest BCUT2D eigenvalue weighted by molar-refractivity contribution is 9.11. The van der Waals surface area contributed by atoms with Crippen molar-refractivity contribution in [3.8, 4) is 5.75 Å². The monoisotopic (exact) mass is 505 g/mol. The fourth-order valence-electron chi connectivity index (χ4n) is 2.53. The zero-order chi connectivity index (χ0) is 19.4. The van der Waals surface area contributed by atoms with Crippen molar-refractivity contribution in [2.75, 3.05) is 0 Å². The number of ether oxygens (including phenoxy) is 1. The van der Waals surface area contributed by atoms with E-state index in [4.69, 9.17) is 16.3 Å². The first kappa shape index (κ1) is 20.1. The van der Waals surface area contributed by atoms with Crippen LogP contribution in [0.5, 0.6) is 5.75 Å². The number of rotatable bonds is 5. The fraction of sp³-hybridized carbons (Fsp3) is 0.136. The molecule has 3 aromatic rings. The molecule has 0 radical (unpaired) electrons. The average molecular weight is 508 g/mol. The van der Waals surface area contributed by atoms with Gasteiger partial charge in [0.25, 0.3) is 0 Å². The van der Waals surface area contributed by atoms with Crippen LogP contribution in [-0.4, -0.2) is 6.21 Å². The topological polar surface area (TPSA) is 21.6 Å². The highest BCUT2D eigenvalue weighted by Gasteiger charge is 2.09. The maximum atomic E-state index is 5.96. The third kappa shape index (κ3) is 5.44. The van der Waals surface area contributed by atoms with E-state index in [0.717, 1.165) is 37.1 Å². The molecular weight excluding hydrogens is 490 g/mol. The highest BCUT2D eigenvalue weighted by atomic mass is 79.9. The smallest absolute Gasteiger partial charge is 0.148 e. The molecule has 138 valence electrons. The van der Waals surface area contributed by atoms with Gasteiger partial charge < -0.3 is 4.74 Å². The Morgan fingerprint density at radius 3 is 2.30 bits per heavy atom. The van der Waals surface area contributed by atoms with E-state index in [1.807, 2.05) is 42.6 Å². The number of halogens is 3.